The predicted octanol–water partition coefficient (Wildman–Crippen LogP) is 5.51. The van der Waals surface area contributed by atoms with Gasteiger partial charge in [0.2, 0.25) is 0 Å². The van der Waals surface area contributed by atoms with Crippen molar-refractivity contribution in [3.05, 3.63) is 71.8 Å². The van der Waals surface area contributed by atoms with Crippen molar-refractivity contribution in [1.82, 2.24) is 0 Å². The number of hydrogen-bond acceptors (Lipinski definition) is 3. The van der Waals surface area contributed by atoms with Gasteiger partial charge in [0, 0.05) is 16.3 Å². The summed E-state index contributed by atoms with van der Waals surface area (Å²) in [5, 5.41) is 1.97. The number of ketones is 1. The van der Waals surface area contributed by atoms with Gasteiger partial charge in [0.15, 0.2) is 5.78 Å². The average Bonchev–Trinajstić information content (AvgIpc) is 2.65. The number of hydrogen-bond donors (Lipinski definition) is 0. The zero-order valence-corrected chi connectivity index (χ0v) is 15.5. The van der Waals surface area contributed by atoms with Gasteiger partial charge in [0.1, 0.15) is 24.7 Å². The monoisotopic (exact) mass is 348 g/mol. The van der Waals surface area contributed by atoms with Crippen LogP contribution < -0.4 is 9.47 Å². The molecule has 3 nitrogen and oxygen atoms in total. The summed E-state index contributed by atoms with van der Waals surface area (Å²) in [6.07, 6.45) is 0. The number of benzene rings is 3. The quantitative estimate of drug-likeness (QED) is 0.565. The zero-order chi connectivity index (χ0) is 18.5. The molecule has 0 aliphatic carbocycles. The first-order chi connectivity index (χ1) is 12.6. The molecule has 0 saturated heterocycles. The predicted molar refractivity (Wildman–Crippen MR) is 105 cm³/mol. The molecule has 3 heteroatoms. The maximum Gasteiger partial charge on any atom is 0.167 e. The fourth-order valence-corrected chi connectivity index (χ4v) is 2.95. The van der Waals surface area contributed by atoms with Crippen molar-refractivity contribution in [1.29, 1.82) is 0 Å². The Balaban J connectivity index is 2.03. The molecule has 0 unspecified atom stereocenters. The molecule has 0 bridgehead atoms. The van der Waals surface area contributed by atoms with Crippen molar-refractivity contribution in [3.8, 4) is 11.5 Å². The number of rotatable bonds is 7. The summed E-state index contributed by atoms with van der Waals surface area (Å²) in [7, 11) is 0. The highest BCUT2D eigenvalue weighted by atomic mass is 16.5. The van der Waals surface area contributed by atoms with E-state index in [4.69, 9.17) is 9.47 Å². The highest BCUT2D eigenvalue weighted by molar-refractivity contribution is 5.95. The summed E-state index contributed by atoms with van der Waals surface area (Å²) in [5.41, 5.74) is 2.17. The van der Waals surface area contributed by atoms with Gasteiger partial charge in [-0.15, -0.1) is 0 Å². The summed E-state index contributed by atoms with van der Waals surface area (Å²) >= 11 is 0. The Morgan fingerprint density at radius 1 is 0.923 bits per heavy atom. The number of fused-ring (bicyclic) bond motifs is 1. The summed E-state index contributed by atoms with van der Waals surface area (Å²) in [6.45, 7) is 6.36. The van der Waals surface area contributed by atoms with Gasteiger partial charge in [0.05, 0.1) is 0 Å². The van der Waals surface area contributed by atoms with E-state index in [0.717, 1.165) is 33.4 Å². The van der Waals surface area contributed by atoms with Crippen LogP contribution in [0.4, 0.5) is 0 Å². The summed E-state index contributed by atoms with van der Waals surface area (Å²) in [6, 6.07) is 20.2. The van der Waals surface area contributed by atoms with Gasteiger partial charge < -0.3 is 9.47 Å². The van der Waals surface area contributed by atoms with Crippen LogP contribution in [0.2, 0.25) is 0 Å². The average molecular weight is 348 g/mol. The third kappa shape index (κ3) is 4.05. The van der Waals surface area contributed by atoms with Gasteiger partial charge in [-0.05, 0) is 24.5 Å². The molecule has 0 radical (unpaired) electrons. The van der Waals surface area contributed by atoms with Gasteiger partial charge in [0.25, 0.3) is 0 Å². The summed E-state index contributed by atoms with van der Waals surface area (Å²) in [4.78, 5) is 11.4. The lowest BCUT2D eigenvalue weighted by Crippen LogP contribution is -2.09. The molecule has 0 amide bonds. The van der Waals surface area contributed by atoms with Crippen LogP contribution in [0.1, 0.15) is 37.8 Å². The van der Waals surface area contributed by atoms with E-state index in [1.165, 1.54) is 6.92 Å². The van der Waals surface area contributed by atoms with Crippen LogP contribution in [0.25, 0.3) is 10.8 Å². The lowest BCUT2D eigenvalue weighted by atomic mass is 9.96. The first kappa shape index (κ1) is 18.0. The minimum absolute atomic E-state index is 0.00758. The van der Waals surface area contributed by atoms with Crippen molar-refractivity contribution in [2.75, 3.05) is 6.61 Å². The second-order valence-corrected chi connectivity index (χ2v) is 6.76. The maximum absolute atomic E-state index is 11.4. The van der Waals surface area contributed by atoms with Gasteiger partial charge in [-0.3, -0.25) is 4.79 Å². The normalized spacial score (nSPS) is 10.9. The van der Waals surface area contributed by atoms with Crippen LogP contribution in [0, 0.1) is 0 Å². The number of carbonyl (C=O) groups is 1. The molecule has 0 N–H and O–H groups in total. The molecule has 0 heterocycles. The number of carbonyl (C=O) groups excluding carboxylic acids is 1. The minimum atomic E-state index is 0.00758. The molecule has 134 valence electrons. The fourth-order valence-electron chi connectivity index (χ4n) is 2.95. The van der Waals surface area contributed by atoms with Gasteiger partial charge in [-0.2, -0.15) is 0 Å². The van der Waals surface area contributed by atoms with Gasteiger partial charge >= 0.3 is 0 Å². The van der Waals surface area contributed by atoms with E-state index in [0.29, 0.717) is 6.61 Å². The molecule has 0 fully saturated rings. The standard InChI is InChI=1S/C23H24O3/c1-16(2)21-13-22(25-15-18-9-5-4-6-10-18)19-11-7-8-12-20(19)23(21)26-14-17(3)24/h4-13,16H,14-15H2,1-3H3. The summed E-state index contributed by atoms with van der Waals surface area (Å²) < 4.78 is 12.0. The first-order valence-electron chi connectivity index (χ1n) is 8.91. The third-order valence-electron chi connectivity index (χ3n) is 4.26. The topological polar surface area (TPSA) is 35.5 Å². The van der Waals surface area contributed by atoms with Gasteiger partial charge in [-0.25, -0.2) is 0 Å². The second-order valence-electron chi connectivity index (χ2n) is 6.76. The van der Waals surface area contributed by atoms with E-state index < -0.39 is 0 Å². The maximum atomic E-state index is 11.4. The molecule has 26 heavy (non-hydrogen) atoms. The molecule has 0 aliphatic rings. The van der Waals surface area contributed by atoms with Crippen molar-refractivity contribution in [3.63, 3.8) is 0 Å². The Bertz CT molecular complexity index is 898. The summed E-state index contributed by atoms with van der Waals surface area (Å²) in [5.74, 6) is 1.87. The Labute approximate surface area is 154 Å². The van der Waals surface area contributed by atoms with Crippen LogP contribution in [0.3, 0.4) is 0 Å². The lowest BCUT2D eigenvalue weighted by Gasteiger charge is -2.19. The van der Waals surface area contributed by atoms with E-state index >= 15 is 0 Å². The van der Waals surface area contributed by atoms with E-state index in [1.807, 2.05) is 48.5 Å². The smallest absolute Gasteiger partial charge is 0.167 e. The molecular formula is C23H24O3. The molecular weight excluding hydrogens is 324 g/mol. The molecule has 0 spiro atoms. The SMILES string of the molecule is CC(=O)COc1c(C(C)C)cc(OCc2ccccc2)c2ccccc12. The van der Waals surface area contributed by atoms with Gasteiger partial charge in [-0.1, -0.05) is 68.4 Å². The molecule has 0 aliphatic heterocycles. The van der Waals surface area contributed by atoms with E-state index in [-0.39, 0.29) is 18.3 Å². The number of Topliss-reactive ketones (excluding diaryl/α,β-unsaturated/α-hetero) is 1. The van der Waals surface area contributed by atoms with Crippen LogP contribution in [-0.4, -0.2) is 12.4 Å². The van der Waals surface area contributed by atoms with E-state index in [2.05, 4.69) is 26.0 Å². The van der Waals surface area contributed by atoms with Crippen LogP contribution in [-0.2, 0) is 11.4 Å². The van der Waals surface area contributed by atoms with Crippen LogP contribution in [0.5, 0.6) is 11.5 Å². The largest absolute Gasteiger partial charge is 0.488 e. The molecule has 0 aromatic heterocycles. The van der Waals surface area contributed by atoms with Crippen LogP contribution in [0.15, 0.2) is 60.7 Å². The Hall–Kier alpha value is -2.81. The zero-order valence-electron chi connectivity index (χ0n) is 15.5. The fraction of sp³-hybridized carbons (Fsp3) is 0.261. The Morgan fingerprint density at radius 3 is 2.23 bits per heavy atom. The van der Waals surface area contributed by atoms with Crippen molar-refractivity contribution in [2.24, 2.45) is 0 Å². The Morgan fingerprint density at radius 2 is 1.58 bits per heavy atom. The Kier molecular flexibility index (Phi) is 5.57. The highest BCUT2D eigenvalue weighted by Crippen LogP contribution is 2.40. The van der Waals surface area contributed by atoms with Crippen LogP contribution >= 0.6 is 0 Å². The second kappa shape index (κ2) is 8.05. The minimum Gasteiger partial charge on any atom is -0.488 e. The van der Waals surface area contributed by atoms with Crippen molar-refractivity contribution in [2.45, 2.75) is 33.3 Å². The van der Waals surface area contributed by atoms with E-state index in [9.17, 15) is 4.79 Å². The highest BCUT2D eigenvalue weighted by Gasteiger charge is 2.17. The van der Waals surface area contributed by atoms with Crippen molar-refractivity contribution < 1.29 is 14.3 Å². The van der Waals surface area contributed by atoms with Crippen molar-refractivity contribution >= 4 is 16.6 Å². The first-order valence-corrected chi connectivity index (χ1v) is 8.91. The molecule has 3 aromatic carbocycles. The number of ether oxygens (including phenoxy) is 2. The molecule has 3 aromatic rings. The molecule has 0 atom stereocenters. The third-order valence-corrected chi connectivity index (χ3v) is 4.26. The lowest BCUT2D eigenvalue weighted by molar-refractivity contribution is -0.118. The molecule has 3 rings (SSSR count). The van der Waals surface area contributed by atoms with E-state index in [1.54, 1.807) is 0 Å². The molecule has 0 saturated carbocycles.